The van der Waals surface area contributed by atoms with Gasteiger partial charge in [-0.15, -0.1) is 0 Å². The SMILES string of the molecule is CC1(C)OB(B2OC(C)(C)C(C)(C)O2)OC1(C)C.Cc1cccc(C)c1-c1cc2c3cccc4c3c(cc2c2ccc(B3OC(C)(C)C(C)(C)O3)cc12)-c1ccccc1-4.Cc1cccc(C)c1-c1cc2c3cccc4c3c(cc2c2ccc(Cl)cc12)-c1ccccc1-4.[Y].[Y].[Y].[Y].[Y].[Y].[Y].[Y].[Y].[Y].[Y].[Y].[Y].[Y].[Y].[Y].[Y].[Y].[Y].[Y].[Y].[Y].[Y]. The van der Waals surface area contributed by atoms with Crippen LogP contribution in [-0.4, -0.2) is 54.7 Å². The van der Waals surface area contributed by atoms with E-state index in [4.69, 9.17) is 39.5 Å². The molecule has 0 amide bonds. The summed E-state index contributed by atoms with van der Waals surface area (Å²) in [5.74, 6) is 0. The molecule has 3 fully saturated rings. The molecule has 0 bridgehead atoms. The monoisotopic (exact) mass is 3270 g/mol. The predicted molar refractivity (Wildman–Crippen MR) is 389 cm³/mol. The first-order valence-electron chi connectivity index (χ1n) is 32.6. The van der Waals surface area contributed by atoms with Gasteiger partial charge < -0.3 is 27.9 Å². The van der Waals surface area contributed by atoms with Gasteiger partial charge in [-0.05, 0) is 306 Å². The van der Waals surface area contributed by atoms with Gasteiger partial charge >= 0.3 is 21.1 Å². The molecule has 12 aromatic carbocycles. The van der Waals surface area contributed by atoms with Crippen LogP contribution in [0.5, 0.6) is 0 Å². The van der Waals surface area contributed by atoms with Gasteiger partial charge in [0.15, 0.2) is 0 Å². The first-order chi connectivity index (χ1) is 43.6. The standard InChI is InChI=1S/C38H33BO2.C32H21Cl.C12H24B2O4.23Y/c1-22-11-9-12-23(2)35(22)34-21-32-29-16-10-15-28-25-13-7-8-14-26(25)33(36(28)29)20-31(32)27-18-17-24(19-30(27)34)39-40-37(3,4)38(5,6)41-39;1-18-7-5-8-19(2)31(18)30-17-28-25-12-6-11-24-21-9-3-4-10-22(21)29(32(24)25)16-27(28)23-14-13-20(33)15-26(23)30;1-9(2)10(3,4)16-13(15-9)14-17-11(5,6)12(7,8)18-14;;;;;;;;;;;;;;;;;;;;;;;/h7-21H,1-6H3;3-17H,1-2H3;1-8H3;;;;;;;;;;;;;;;;;;;;;;;. The van der Waals surface area contributed by atoms with E-state index < -0.39 is 21.1 Å². The van der Waals surface area contributed by atoms with Gasteiger partial charge in [0.25, 0.3) is 0 Å². The Hall–Kier alpha value is 17.8. The van der Waals surface area contributed by atoms with Crippen LogP contribution in [0, 0.1) is 27.7 Å². The van der Waals surface area contributed by atoms with E-state index in [2.05, 4.69) is 231 Å². The molecule has 12 aromatic rings. The van der Waals surface area contributed by atoms with Crippen LogP contribution < -0.4 is 5.46 Å². The van der Waals surface area contributed by atoms with Crippen molar-refractivity contribution in [3.8, 4) is 66.8 Å². The third-order valence-corrected chi connectivity index (χ3v) is 22.2. The molecule has 5 aliphatic rings. The smallest absolute Gasteiger partial charge is 0.405 e. The summed E-state index contributed by atoms with van der Waals surface area (Å²) in [6.07, 6.45) is 0. The number of benzene rings is 12. The average Bonchev–Trinajstić information content (AvgIpc) is 1.62. The molecule has 0 atom stereocenters. The average molecular weight is 3270 g/mol. The van der Waals surface area contributed by atoms with E-state index in [1.807, 2.05) is 61.5 Å². The van der Waals surface area contributed by atoms with Crippen molar-refractivity contribution in [2.75, 3.05) is 0 Å². The molecule has 3 heterocycles. The Morgan fingerprint density at radius 2 is 0.470 bits per heavy atom. The molecule has 2 aliphatic carbocycles. The van der Waals surface area contributed by atoms with E-state index in [9.17, 15) is 0 Å². The topological polar surface area (TPSA) is 55.4 Å². The van der Waals surface area contributed by atoms with Gasteiger partial charge in [-0.2, -0.15) is 0 Å². The molecule has 33 heteroatoms. The Balaban J connectivity index is -0.000000200. The zero-order valence-corrected chi connectivity index (χ0v) is 135. The molecule has 0 aromatic heterocycles. The van der Waals surface area contributed by atoms with Crippen molar-refractivity contribution in [2.45, 2.75) is 144 Å². The zero-order valence-electron chi connectivity index (χ0n) is 69.2. The van der Waals surface area contributed by atoms with Crippen molar-refractivity contribution < 1.29 is 780 Å². The van der Waals surface area contributed by atoms with Gasteiger partial charge in [0.1, 0.15) is 0 Å². The third-order valence-electron chi connectivity index (χ3n) is 22.0. The van der Waals surface area contributed by atoms with Crippen molar-refractivity contribution in [1.29, 1.82) is 0 Å². The van der Waals surface area contributed by atoms with Crippen molar-refractivity contribution in [3.05, 3.63) is 209 Å². The Bertz CT molecular complexity index is 5080. The third kappa shape index (κ3) is 31.2. The molecule has 0 N–H and O–H groups in total. The second kappa shape index (κ2) is 63.3. The van der Waals surface area contributed by atoms with Gasteiger partial charge in [-0.1, -0.05) is 157 Å². The second-order valence-electron chi connectivity index (χ2n) is 29.3. The summed E-state index contributed by atoms with van der Waals surface area (Å²) >= 11 is 6.54. The molecule has 527 valence electrons. The molecule has 3 saturated heterocycles. The maximum absolute atomic E-state index is 6.54. The Labute approximate surface area is 1270 Å². The largest absolute Gasteiger partial charge is 0.494 e. The first kappa shape index (κ1) is 151. The Morgan fingerprint density at radius 1 is 0.217 bits per heavy atom. The summed E-state index contributed by atoms with van der Waals surface area (Å²) in [5, 5.41) is 16.3. The fraction of sp³-hybridized carbons (Fsp3) is 0.268. The van der Waals surface area contributed by atoms with Gasteiger partial charge in [0, 0.05) is 757 Å². The number of rotatable bonds is 4. The summed E-state index contributed by atoms with van der Waals surface area (Å²) in [6.45, 7) is 33.5. The minimum atomic E-state index is -0.476. The van der Waals surface area contributed by atoms with Crippen molar-refractivity contribution in [1.82, 2.24) is 0 Å². The summed E-state index contributed by atoms with van der Waals surface area (Å²) < 4.78 is 36.8. The number of fused-ring (bicyclic) bond motifs is 14. The molecule has 6 nitrogen and oxygen atoms in total. The summed E-state index contributed by atoms with van der Waals surface area (Å²) in [5.41, 5.74) is 19.7. The van der Waals surface area contributed by atoms with Crippen molar-refractivity contribution in [3.63, 3.8) is 0 Å². The molecule has 17 rings (SSSR count). The van der Waals surface area contributed by atoms with E-state index in [1.54, 1.807) is 0 Å². The van der Waals surface area contributed by atoms with Crippen LogP contribution >= 0.6 is 11.6 Å². The van der Waals surface area contributed by atoms with E-state index in [0.29, 0.717) is 0 Å². The second-order valence-corrected chi connectivity index (χ2v) is 29.7. The molecule has 0 spiro atoms. The number of halogens is 1. The number of aryl methyl sites for hydroxylation is 4. The van der Waals surface area contributed by atoms with Crippen LogP contribution in [0.1, 0.15) is 105 Å². The molecule has 0 unspecified atom stereocenters. The van der Waals surface area contributed by atoms with Crippen molar-refractivity contribution >= 4 is 103 Å². The van der Waals surface area contributed by atoms with Crippen LogP contribution in [0.15, 0.2) is 182 Å². The maximum Gasteiger partial charge on any atom is 0.494 e. The number of hydrogen-bond donors (Lipinski definition) is 0. The molecular weight excluding hydrogens is 3190 g/mol. The van der Waals surface area contributed by atoms with Crippen LogP contribution in [-0.2, 0) is 780 Å². The van der Waals surface area contributed by atoms with Gasteiger partial charge in [0.2, 0.25) is 0 Å². The van der Waals surface area contributed by atoms with Crippen LogP contribution in [0.2, 0.25) is 5.02 Å². The summed E-state index contributed by atoms with van der Waals surface area (Å²) in [7, 11) is -1.36. The van der Waals surface area contributed by atoms with E-state index in [1.165, 1.54) is 154 Å². The van der Waals surface area contributed by atoms with E-state index in [0.717, 1.165) is 10.5 Å². The van der Waals surface area contributed by atoms with Gasteiger partial charge in [0.05, 0.1) is 33.6 Å². The minimum absolute atomic E-state index is 0. The molecule has 0 saturated carbocycles. The Morgan fingerprint density at radius 3 is 0.791 bits per heavy atom. The minimum Gasteiger partial charge on any atom is -0.405 e. The summed E-state index contributed by atoms with van der Waals surface area (Å²) in [4.78, 5) is 0. The fourth-order valence-electron chi connectivity index (χ4n) is 15.0. The van der Waals surface area contributed by atoms with Gasteiger partial charge in [-0.3, -0.25) is 0 Å². The molecule has 3 aliphatic heterocycles. The molecule has 115 heavy (non-hydrogen) atoms. The number of hydrogen-bond acceptors (Lipinski definition) is 6. The molecular formula is C82H78B3ClO6Y23. The van der Waals surface area contributed by atoms with Crippen molar-refractivity contribution in [2.24, 2.45) is 0 Å². The Kier molecular flexibility index (Phi) is 82.9. The predicted octanol–water partition coefficient (Wildman–Crippen LogP) is 21.3. The molecule has 23 radical (unpaired) electrons. The van der Waals surface area contributed by atoms with Crippen LogP contribution in [0.25, 0.3) is 131 Å². The first-order valence-corrected chi connectivity index (χ1v) is 33.0. The van der Waals surface area contributed by atoms with Crippen LogP contribution in [0.3, 0.4) is 0 Å². The normalized spacial score (nSPS) is 14.4. The van der Waals surface area contributed by atoms with Crippen LogP contribution in [0.4, 0.5) is 0 Å². The zero-order chi connectivity index (χ0) is 64.5. The maximum atomic E-state index is 6.54. The van der Waals surface area contributed by atoms with Gasteiger partial charge in [-0.25, -0.2) is 0 Å². The van der Waals surface area contributed by atoms with E-state index >= 15 is 0 Å². The fourth-order valence-corrected chi connectivity index (χ4v) is 15.2. The quantitative estimate of drug-likeness (QED) is 0.129. The summed E-state index contributed by atoms with van der Waals surface area (Å²) in [6, 6.07) is 67.1. The van der Waals surface area contributed by atoms with E-state index in [-0.39, 0.29) is 786 Å².